The van der Waals surface area contributed by atoms with E-state index in [0.717, 1.165) is 42.9 Å². The van der Waals surface area contributed by atoms with Crippen LogP contribution in [-0.4, -0.2) is 32.6 Å². The van der Waals surface area contributed by atoms with Crippen molar-refractivity contribution >= 4 is 5.97 Å². The van der Waals surface area contributed by atoms with E-state index in [0.29, 0.717) is 30.3 Å². The van der Waals surface area contributed by atoms with Gasteiger partial charge in [-0.25, -0.2) is 0 Å². The molecule has 4 heteroatoms. The third-order valence-corrected chi connectivity index (χ3v) is 10.6. The summed E-state index contributed by atoms with van der Waals surface area (Å²) in [6.07, 6.45) is 20.4. The van der Waals surface area contributed by atoms with Crippen LogP contribution in [0.1, 0.15) is 105 Å². The van der Waals surface area contributed by atoms with E-state index >= 15 is 0 Å². The molecule has 0 aromatic heterocycles. The number of ether oxygens (including phenoxy) is 3. The van der Waals surface area contributed by atoms with Crippen molar-refractivity contribution in [3.63, 3.8) is 0 Å². The van der Waals surface area contributed by atoms with Crippen molar-refractivity contribution in [1.29, 1.82) is 0 Å². The minimum atomic E-state index is -0.157. The zero-order valence-corrected chi connectivity index (χ0v) is 23.1. The fraction of sp³-hybridized carbons (Fsp3) is 0.839. The highest BCUT2D eigenvalue weighted by Gasteiger charge is 2.56. The maximum absolute atomic E-state index is 10.9. The van der Waals surface area contributed by atoms with Gasteiger partial charge in [-0.05, 0) is 85.9 Å². The second-order valence-electron chi connectivity index (χ2n) is 12.6. The molecular formula is C31H50O4. The minimum absolute atomic E-state index is 0.157. The predicted molar refractivity (Wildman–Crippen MR) is 141 cm³/mol. The Morgan fingerprint density at radius 1 is 1.03 bits per heavy atom. The van der Waals surface area contributed by atoms with Gasteiger partial charge in [0.2, 0.25) is 0 Å². The lowest BCUT2D eigenvalue weighted by atomic mass is 9.50. The molecule has 0 aromatic rings. The number of hydrogen-bond acceptors (Lipinski definition) is 4. The van der Waals surface area contributed by atoms with E-state index < -0.39 is 0 Å². The average Bonchev–Trinajstić information content (AvgIpc) is 3.19. The Hall–Kier alpha value is -1.13. The molecule has 3 fully saturated rings. The Bertz CT molecular complexity index is 800. The summed E-state index contributed by atoms with van der Waals surface area (Å²) in [5.74, 6) is 3.00. The van der Waals surface area contributed by atoms with Crippen LogP contribution in [0.15, 0.2) is 23.3 Å². The molecule has 4 rings (SSSR count). The van der Waals surface area contributed by atoms with Gasteiger partial charge in [-0.2, -0.15) is 0 Å². The van der Waals surface area contributed by atoms with Gasteiger partial charge in [0.25, 0.3) is 0 Å². The van der Waals surface area contributed by atoms with Crippen LogP contribution in [0.4, 0.5) is 0 Å². The molecule has 3 saturated carbocycles. The molecule has 0 heterocycles. The van der Waals surface area contributed by atoms with Crippen LogP contribution >= 0.6 is 0 Å². The maximum Gasteiger partial charge on any atom is 0.302 e. The van der Waals surface area contributed by atoms with Crippen LogP contribution in [0.25, 0.3) is 0 Å². The number of hydrogen-bond donors (Lipinski definition) is 0. The van der Waals surface area contributed by atoms with Crippen LogP contribution < -0.4 is 0 Å². The summed E-state index contributed by atoms with van der Waals surface area (Å²) >= 11 is 0. The van der Waals surface area contributed by atoms with Crippen LogP contribution in [0, 0.1) is 34.5 Å². The molecule has 7 atom stereocenters. The van der Waals surface area contributed by atoms with E-state index in [1.54, 1.807) is 18.3 Å². The predicted octanol–water partition coefficient (Wildman–Crippen LogP) is 7.62. The van der Waals surface area contributed by atoms with Gasteiger partial charge in [0.05, 0.1) is 12.7 Å². The zero-order valence-electron chi connectivity index (χ0n) is 23.1. The number of carbonyl (C=O) groups excluding carboxylic acids is 1. The van der Waals surface area contributed by atoms with Crippen molar-refractivity contribution in [3.05, 3.63) is 23.3 Å². The summed E-state index contributed by atoms with van der Waals surface area (Å²) in [5, 5.41) is 0. The highest BCUT2D eigenvalue weighted by molar-refractivity contribution is 5.65. The second kappa shape index (κ2) is 11.5. The molecule has 4 nitrogen and oxygen atoms in total. The van der Waals surface area contributed by atoms with E-state index in [-0.39, 0.29) is 5.97 Å². The lowest BCUT2D eigenvalue weighted by Gasteiger charge is -2.55. The lowest BCUT2D eigenvalue weighted by Crippen LogP contribution is -2.46. The van der Waals surface area contributed by atoms with Gasteiger partial charge < -0.3 is 14.2 Å². The molecule has 35 heavy (non-hydrogen) atoms. The van der Waals surface area contributed by atoms with Gasteiger partial charge >= 0.3 is 5.97 Å². The minimum Gasteiger partial charge on any atom is -0.466 e. The SMILES string of the molecule is COCO[C@H]1CC[C@@]2(C)C(=CC=C3C2CC[C@]2(C)[C@@H](C(C)CCCCCCOC(C)=O)CC[C@@H]32)C1. The van der Waals surface area contributed by atoms with Crippen molar-refractivity contribution in [2.75, 3.05) is 20.5 Å². The first-order chi connectivity index (χ1) is 16.8. The third kappa shape index (κ3) is 5.59. The molecule has 0 bridgehead atoms. The Labute approximate surface area is 214 Å². The summed E-state index contributed by atoms with van der Waals surface area (Å²) in [7, 11) is 1.71. The second-order valence-corrected chi connectivity index (χ2v) is 12.6. The van der Waals surface area contributed by atoms with Gasteiger partial charge in [-0.1, -0.05) is 69.8 Å². The molecule has 2 unspecified atom stereocenters. The van der Waals surface area contributed by atoms with Crippen LogP contribution in [0.5, 0.6) is 0 Å². The number of unbranched alkanes of at least 4 members (excludes halogenated alkanes) is 3. The normalized spacial score (nSPS) is 36.9. The summed E-state index contributed by atoms with van der Waals surface area (Å²) in [6, 6.07) is 0. The average molecular weight is 487 g/mol. The summed E-state index contributed by atoms with van der Waals surface area (Å²) < 4.78 is 16.2. The van der Waals surface area contributed by atoms with Crippen molar-refractivity contribution in [2.45, 2.75) is 111 Å². The number of esters is 1. The Morgan fingerprint density at radius 3 is 2.60 bits per heavy atom. The fourth-order valence-corrected chi connectivity index (χ4v) is 8.59. The fourth-order valence-electron chi connectivity index (χ4n) is 8.59. The molecule has 198 valence electrons. The van der Waals surface area contributed by atoms with Crippen LogP contribution in [0.2, 0.25) is 0 Å². The molecule has 4 aliphatic carbocycles. The standard InChI is InChI=1S/C31H50O4/c1-22(10-8-6-7-9-19-34-23(2)32)27-13-14-28-26-12-11-24-20-25(35-21-33-5)15-17-30(24,3)29(26)16-18-31(27,28)4/h11-12,22,25,27-29H,6-10,13-21H2,1-5H3/t22?,25-,27+,28-,29?,30-,31+/m0/s1. The van der Waals surface area contributed by atoms with E-state index in [1.165, 1.54) is 64.7 Å². The molecule has 0 aromatic carbocycles. The molecule has 0 spiro atoms. The largest absolute Gasteiger partial charge is 0.466 e. The number of carbonyl (C=O) groups is 1. The molecule has 0 N–H and O–H groups in total. The molecule has 0 radical (unpaired) electrons. The highest BCUT2D eigenvalue weighted by atomic mass is 16.7. The number of methoxy groups -OCH3 is 1. The maximum atomic E-state index is 10.9. The topological polar surface area (TPSA) is 44.8 Å². The zero-order chi connectivity index (χ0) is 25.1. The van der Waals surface area contributed by atoms with E-state index in [4.69, 9.17) is 14.2 Å². The van der Waals surface area contributed by atoms with Crippen LogP contribution in [0.3, 0.4) is 0 Å². The Kier molecular flexibility index (Phi) is 8.85. The number of fused-ring (bicyclic) bond motifs is 5. The quantitative estimate of drug-likeness (QED) is 0.171. The highest BCUT2D eigenvalue weighted by Crippen LogP contribution is 2.66. The molecule has 0 amide bonds. The molecule has 4 aliphatic rings. The van der Waals surface area contributed by atoms with Gasteiger partial charge in [0, 0.05) is 14.0 Å². The molecule has 0 aliphatic heterocycles. The number of allylic oxidation sites excluding steroid dienone is 3. The smallest absolute Gasteiger partial charge is 0.302 e. The van der Waals surface area contributed by atoms with E-state index in [9.17, 15) is 4.79 Å². The van der Waals surface area contributed by atoms with Crippen molar-refractivity contribution in [1.82, 2.24) is 0 Å². The Balaban J connectivity index is 1.35. The van der Waals surface area contributed by atoms with Crippen molar-refractivity contribution in [3.8, 4) is 0 Å². The molecular weight excluding hydrogens is 436 g/mol. The van der Waals surface area contributed by atoms with Gasteiger partial charge in [0.1, 0.15) is 6.79 Å². The van der Waals surface area contributed by atoms with E-state index in [1.807, 2.05) is 0 Å². The first-order valence-electron chi connectivity index (χ1n) is 14.4. The van der Waals surface area contributed by atoms with Gasteiger partial charge in [0.15, 0.2) is 0 Å². The van der Waals surface area contributed by atoms with Gasteiger partial charge in [-0.3, -0.25) is 4.79 Å². The number of rotatable bonds is 11. The van der Waals surface area contributed by atoms with E-state index in [2.05, 4.69) is 32.9 Å². The third-order valence-electron chi connectivity index (χ3n) is 10.6. The monoisotopic (exact) mass is 486 g/mol. The lowest BCUT2D eigenvalue weighted by molar-refractivity contribution is -0.141. The first-order valence-corrected chi connectivity index (χ1v) is 14.4. The van der Waals surface area contributed by atoms with Crippen LogP contribution in [-0.2, 0) is 19.0 Å². The van der Waals surface area contributed by atoms with Gasteiger partial charge in [-0.15, -0.1) is 0 Å². The first kappa shape index (κ1) is 26.9. The summed E-state index contributed by atoms with van der Waals surface area (Å²) in [6.45, 7) is 10.2. The summed E-state index contributed by atoms with van der Waals surface area (Å²) in [4.78, 5) is 10.9. The van der Waals surface area contributed by atoms with Crippen molar-refractivity contribution < 1.29 is 19.0 Å². The van der Waals surface area contributed by atoms with Crippen molar-refractivity contribution in [2.24, 2.45) is 34.5 Å². The molecule has 0 saturated heterocycles. The summed E-state index contributed by atoms with van der Waals surface area (Å²) in [5.41, 5.74) is 4.21. The Morgan fingerprint density at radius 2 is 1.83 bits per heavy atom.